The van der Waals surface area contributed by atoms with E-state index in [9.17, 15) is 4.79 Å². The van der Waals surface area contributed by atoms with Crippen LogP contribution >= 0.6 is 0 Å². The highest BCUT2D eigenvalue weighted by Crippen LogP contribution is 2.62. The molecule has 4 fully saturated rings. The van der Waals surface area contributed by atoms with E-state index in [0.29, 0.717) is 23.6 Å². The first kappa shape index (κ1) is 13.8. The van der Waals surface area contributed by atoms with Gasteiger partial charge in [-0.1, -0.05) is 6.42 Å². The maximum Gasteiger partial charge on any atom is 0.409 e. The first-order valence-corrected chi connectivity index (χ1v) is 8.45. The number of methoxy groups -OCH3 is 1. The summed E-state index contributed by atoms with van der Waals surface area (Å²) >= 11 is 0. The zero-order valence-electron chi connectivity index (χ0n) is 12.8. The standard InChI is InChI=1S/C16H26N2O3/c1-20-15(19)18-8-3-11(4-9-18)17-13-12-5-10-21-14(12)16(13)6-2-7-16/h11-14,17H,2-10H2,1H3/t12-,13+,14-/m1/s1. The number of fused-ring (bicyclic) bond motifs is 2. The number of hydrogen-bond donors (Lipinski definition) is 1. The zero-order chi connectivity index (χ0) is 14.4. The number of nitrogens with one attached hydrogen (secondary N) is 1. The molecule has 4 rings (SSSR count). The van der Waals surface area contributed by atoms with E-state index < -0.39 is 0 Å². The van der Waals surface area contributed by atoms with E-state index >= 15 is 0 Å². The minimum Gasteiger partial charge on any atom is -0.453 e. The largest absolute Gasteiger partial charge is 0.453 e. The normalized spacial score (nSPS) is 37.8. The average Bonchev–Trinajstić information content (AvgIpc) is 2.88. The van der Waals surface area contributed by atoms with Crippen LogP contribution in [0.3, 0.4) is 0 Å². The Bertz CT molecular complexity index is 416. The lowest BCUT2D eigenvalue weighted by atomic mass is 9.46. The first-order chi connectivity index (χ1) is 10.2. The van der Waals surface area contributed by atoms with Crippen molar-refractivity contribution in [2.45, 2.75) is 56.7 Å². The smallest absolute Gasteiger partial charge is 0.409 e. The molecular weight excluding hydrogens is 268 g/mol. The van der Waals surface area contributed by atoms with Crippen molar-refractivity contribution in [3.05, 3.63) is 0 Å². The lowest BCUT2D eigenvalue weighted by Gasteiger charge is -2.64. The van der Waals surface area contributed by atoms with Crippen molar-refractivity contribution < 1.29 is 14.3 Å². The third-order valence-electron chi connectivity index (χ3n) is 6.38. The van der Waals surface area contributed by atoms with Gasteiger partial charge < -0.3 is 19.7 Å². The molecule has 118 valence electrons. The van der Waals surface area contributed by atoms with Crippen LogP contribution in [-0.4, -0.2) is 56.0 Å². The molecule has 1 amide bonds. The van der Waals surface area contributed by atoms with E-state index in [1.807, 2.05) is 4.90 Å². The van der Waals surface area contributed by atoms with Crippen LogP contribution in [0.15, 0.2) is 0 Å². The van der Waals surface area contributed by atoms with E-state index in [1.165, 1.54) is 32.8 Å². The number of likely N-dealkylation sites (tertiary alicyclic amines) is 1. The Hall–Kier alpha value is -0.810. The minimum atomic E-state index is -0.184. The molecule has 0 aromatic carbocycles. The lowest BCUT2D eigenvalue weighted by Crippen LogP contribution is -2.72. The monoisotopic (exact) mass is 294 g/mol. The van der Waals surface area contributed by atoms with Crippen molar-refractivity contribution >= 4 is 6.09 Å². The summed E-state index contributed by atoms with van der Waals surface area (Å²) in [6.07, 6.45) is 7.71. The number of carbonyl (C=O) groups excluding carboxylic acids is 1. The first-order valence-electron chi connectivity index (χ1n) is 8.45. The number of amides is 1. The van der Waals surface area contributed by atoms with Gasteiger partial charge in [-0.15, -0.1) is 0 Å². The van der Waals surface area contributed by atoms with Gasteiger partial charge in [0.2, 0.25) is 0 Å². The predicted octanol–water partition coefficient (Wildman–Crippen LogP) is 1.76. The van der Waals surface area contributed by atoms with Gasteiger partial charge in [-0.25, -0.2) is 4.79 Å². The van der Waals surface area contributed by atoms with E-state index in [1.54, 1.807) is 0 Å². The van der Waals surface area contributed by atoms with Gasteiger partial charge in [0, 0.05) is 43.1 Å². The number of nitrogens with zero attached hydrogens (tertiary/aromatic N) is 1. The van der Waals surface area contributed by atoms with E-state index in [2.05, 4.69) is 5.32 Å². The predicted molar refractivity (Wildman–Crippen MR) is 78.1 cm³/mol. The molecule has 1 N–H and O–H groups in total. The van der Waals surface area contributed by atoms with Crippen molar-refractivity contribution in [2.75, 3.05) is 26.8 Å². The third-order valence-corrected chi connectivity index (χ3v) is 6.38. The maximum atomic E-state index is 11.5. The number of carbonyl (C=O) groups is 1. The van der Waals surface area contributed by atoms with Crippen LogP contribution in [0.2, 0.25) is 0 Å². The number of piperidine rings is 1. The highest BCUT2D eigenvalue weighted by atomic mass is 16.5. The molecule has 2 saturated heterocycles. The van der Waals surface area contributed by atoms with Crippen molar-refractivity contribution in [1.29, 1.82) is 0 Å². The molecule has 0 aromatic heterocycles. The third kappa shape index (κ3) is 2.00. The van der Waals surface area contributed by atoms with Gasteiger partial charge >= 0.3 is 6.09 Å². The Morgan fingerprint density at radius 3 is 2.67 bits per heavy atom. The molecule has 0 aromatic rings. The average molecular weight is 294 g/mol. The molecule has 2 aliphatic carbocycles. The van der Waals surface area contributed by atoms with Gasteiger partial charge in [-0.2, -0.15) is 0 Å². The molecule has 1 spiro atoms. The highest BCUT2D eigenvalue weighted by molar-refractivity contribution is 5.67. The van der Waals surface area contributed by atoms with Crippen LogP contribution in [0.5, 0.6) is 0 Å². The molecule has 0 radical (unpaired) electrons. The van der Waals surface area contributed by atoms with Gasteiger partial charge in [-0.3, -0.25) is 0 Å². The Kier molecular flexibility index (Phi) is 3.38. The summed E-state index contributed by atoms with van der Waals surface area (Å²) in [5.41, 5.74) is 0.459. The summed E-state index contributed by atoms with van der Waals surface area (Å²) in [6, 6.07) is 1.21. The molecule has 2 saturated carbocycles. The van der Waals surface area contributed by atoms with Crippen LogP contribution in [-0.2, 0) is 9.47 Å². The molecular formula is C16H26N2O3. The topological polar surface area (TPSA) is 50.8 Å². The van der Waals surface area contributed by atoms with Gasteiger partial charge in [0.25, 0.3) is 0 Å². The van der Waals surface area contributed by atoms with Gasteiger partial charge in [0.15, 0.2) is 0 Å². The molecule has 0 unspecified atom stereocenters. The lowest BCUT2D eigenvalue weighted by molar-refractivity contribution is -0.179. The fraction of sp³-hybridized carbons (Fsp3) is 0.938. The maximum absolute atomic E-state index is 11.5. The van der Waals surface area contributed by atoms with E-state index in [-0.39, 0.29) is 6.09 Å². The molecule has 4 aliphatic rings. The van der Waals surface area contributed by atoms with E-state index in [4.69, 9.17) is 9.47 Å². The molecule has 3 atom stereocenters. The number of ether oxygens (including phenoxy) is 2. The second-order valence-corrected chi connectivity index (χ2v) is 7.21. The molecule has 5 nitrogen and oxygen atoms in total. The van der Waals surface area contributed by atoms with Crippen molar-refractivity contribution in [2.24, 2.45) is 11.3 Å². The second-order valence-electron chi connectivity index (χ2n) is 7.21. The van der Waals surface area contributed by atoms with Crippen LogP contribution in [0, 0.1) is 11.3 Å². The Labute approximate surface area is 126 Å². The van der Waals surface area contributed by atoms with Crippen LogP contribution in [0.1, 0.15) is 38.5 Å². The molecule has 2 heterocycles. The zero-order valence-corrected chi connectivity index (χ0v) is 12.8. The quantitative estimate of drug-likeness (QED) is 0.843. The molecule has 21 heavy (non-hydrogen) atoms. The van der Waals surface area contributed by atoms with Crippen molar-refractivity contribution in [3.63, 3.8) is 0 Å². The highest BCUT2D eigenvalue weighted by Gasteiger charge is 2.66. The fourth-order valence-electron chi connectivity index (χ4n) is 5.11. The molecule has 2 aliphatic heterocycles. The molecule has 5 heteroatoms. The Morgan fingerprint density at radius 2 is 2.05 bits per heavy atom. The number of rotatable bonds is 2. The van der Waals surface area contributed by atoms with Crippen LogP contribution in [0.4, 0.5) is 4.79 Å². The number of hydrogen-bond acceptors (Lipinski definition) is 4. The summed E-state index contributed by atoms with van der Waals surface area (Å²) in [5.74, 6) is 0.740. The molecule has 0 bridgehead atoms. The van der Waals surface area contributed by atoms with Crippen molar-refractivity contribution in [1.82, 2.24) is 10.2 Å². The summed E-state index contributed by atoms with van der Waals surface area (Å²) in [5, 5.41) is 3.94. The summed E-state index contributed by atoms with van der Waals surface area (Å²) in [4.78, 5) is 13.4. The SMILES string of the molecule is COC(=O)N1CCC(N[C@H]2[C@H]3CCO[C@H]3C23CCC3)CC1. The second kappa shape index (κ2) is 5.13. The van der Waals surface area contributed by atoms with E-state index in [0.717, 1.165) is 38.5 Å². The van der Waals surface area contributed by atoms with Gasteiger partial charge in [-0.05, 0) is 32.1 Å². The summed E-state index contributed by atoms with van der Waals surface area (Å²) in [7, 11) is 1.46. The van der Waals surface area contributed by atoms with Gasteiger partial charge in [0.05, 0.1) is 13.2 Å². The summed E-state index contributed by atoms with van der Waals surface area (Å²) < 4.78 is 10.8. The van der Waals surface area contributed by atoms with Crippen LogP contribution in [0.25, 0.3) is 0 Å². The fourth-order valence-corrected chi connectivity index (χ4v) is 5.11. The van der Waals surface area contributed by atoms with Crippen LogP contribution < -0.4 is 5.32 Å². The Morgan fingerprint density at radius 1 is 1.29 bits per heavy atom. The summed E-state index contributed by atoms with van der Waals surface area (Å²) in [6.45, 7) is 2.58. The van der Waals surface area contributed by atoms with Crippen molar-refractivity contribution in [3.8, 4) is 0 Å². The van der Waals surface area contributed by atoms with Gasteiger partial charge in [0.1, 0.15) is 0 Å². The minimum absolute atomic E-state index is 0.184. The Balaban J connectivity index is 1.34.